The number of carboxylic acids is 1. The lowest BCUT2D eigenvalue weighted by atomic mass is 9.96. The minimum absolute atomic E-state index is 0.184. The standard InChI is InChI=1S/C29H25ClN2O6/c1-3-36-28(35)32(24-7-5-4-6-23(24)30)25-18(2)31-38-26(25)19-8-12-21(13-9-19)37-22-14-10-20(11-15-22)29(16-17-29)27(33)34/h4-15H,3,16-17H2,1-2H3,(H,33,34). The number of ether oxygens (including phenoxy) is 2. The molecule has 1 N–H and O–H groups in total. The molecule has 38 heavy (non-hydrogen) atoms. The Balaban J connectivity index is 1.41. The fraction of sp³-hybridized carbons (Fsp3) is 0.207. The number of rotatable bonds is 8. The van der Waals surface area contributed by atoms with Gasteiger partial charge in [-0.15, -0.1) is 0 Å². The van der Waals surface area contributed by atoms with E-state index in [0.717, 1.165) is 5.56 Å². The van der Waals surface area contributed by atoms with Crippen molar-refractivity contribution in [1.82, 2.24) is 5.16 Å². The Morgan fingerprint density at radius 3 is 2.24 bits per heavy atom. The Kier molecular flexibility index (Phi) is 6.82. The molecule has 9 heteroatoms. The predicted octanol–water partition coefficient (Wildman–Crippen LogP) is 7.51. The summed E-state index contributed by atoms with van der Waals surface area (Å²) in [6, 6.07) is 21.2. The van der Waals surface area contributed by atoms with Crippen LogP contribution in [0.2, 0.25) is 5.02 Å². The van der Waals surface area contributed by atoms with Gasteiger partial charge in [0.25, 0.3) is 0 Å². The van der Waals surface area contributed by atoms with Crippen molar-refractivity contribution < 1.29 is 28.7 Å². The van der Waals surface area contributed by atoms with Crippen LogP contribution in [0.25, 0.3) is 11.3 Å². The lowest BCUT2D eigenvalue weighted by Crippen LogP contribution is -2.27. The van der Waals surface area contributed by atoms with E-state index in [9.17, 15) is 14.7 Å². The number of aromatic nitrogens is 1. The molecule has 1 amide bonds. The number of para-hydroxylation sites is 1. The Labute approximate surface area is 224 Å². The van der Waals surface area contributed by atoms with E-state index in [1.807, 2.05) is 0 Å². The van der Waals surface area contributed by atoms with Crippen LogP contribution in [0, 0.1) is 6.92 Å². The number of carbonyl (C=O) groups excluding carboxylic acids is 1. The average molecular weight is 533 g/mol. The third-order valence-corrected chi connectivity index (χ3v) is 6.84. The van der Waals surface area contributed by atoms with E-state index in [4.69, 9.17) is 25.6 Å². The second kappa shape index (κ2) is 10.2. The number of carboxylic acid groups (broad SMARTS) is 1. The summed E-state index contributed by atoms with van der Waals surface area (Å²) in [4.78, 5) is 26.0. The Morgan fingerprint density at radius 2 is 1.66 bits per heavy atom. The van der Waals surface area contributed by atoms with Gasteiger partial charge in [-0.05, 0) is 80.8 Å². The number of hydrogen-bond donors (Lipinski definition) is 1. The number of halogens is 1. The van der Waals surface area contributed by atoms with Crippen LogP contribution in [0.1, 0.15) is 31.0 Å². The molecule has 8 nitrogen and oxygen atoms in total. The van der Waals surface area contributed by atoms with Crippen molar-refractivity contribution in [1.29, 1.82) is 0 Å². The summed E-state index contributed by atoms with van der Waals surface area (Å²) in [5.41, 5.74) is 2.05. The third-order valence-electron chi connectivity index (χ3n) is 6.52. The van der Waals surface area contributed by atoms with E-state index in [1.54, 1.807) is 86.6 Å². The summed E-state index contributed by atoms with van der Waals surface area (Å²) in [7, 11) is 0. The summed E-state index contributed by atoms with van der Waals surface area (Å²) < 4.78 is 16.9. The van der Waals surface area contributed by atoms with Gasteiger partial charge in [0.2, 0.25) is 0 Å². The van der Waals surface area contributed by atoms with Crippen molar-refractivity contribution in [2.24, 2.45) is 0 Å². The molecule has 1 aliphatic carbocycles. The largest absolute Gasteiger partial charge is 0.481 e. The highest BCUT2D eigenvalue weighted by Gasteiger charge is 2.51. The minimum Gasteiger partial charge on any atom is -0.481 e. The first kappa shape index (κ1) is 25.4. The predicted molar refractivity (Wildman–Crippen MR) is 142 cm³/mol. The van der Waals surface area contributed by atoms with Crippen LogP contribution < -0.4 is 9.64 Å². The molecule has 1 heterocycles. The number of hydrogen-bond acceptors (Lipinski definition) is 6. The Morgan fingerprint density at radius 1 is 1.03 bits per heavy atom. The molecule has 1 saturated carbocycles. The van der Waals surface area contributed by atoms with Crippen molar-refractivity contribution in [2.75, 3.05) is 11.5 Å². The first-order valence-corrected chi connectivity index (χ1v) is 12.5. The van der Waals surface area contributed by atoms with Crippen LogP contribution in [0.15, 0.2) is 77.3 Å². The van der Waals surface area contributed by atoms with Crippen molar-refractivity contribution in [3.63, 3.8) is 0 Å². The van der Waals surface area contributed by atoms with Gasteiger partial charge in [0.15, 0.2) is 5.76 Å². The zero-order valence-corrected chi connectivity index (χ0v) is 21.6. The minimum atomic E-state index is -0.792. The summed E-state index contributed by atoms with van der Waals surface area (Å²) in [6.07, 6.45) is 0.696. The van der Waals surface area contributed by atoms with Crippen LogP contribution in [0.4, 0.5) is 16.2 Å². The second-order valence-corrected chi connectivity index (χ2v) is 9.38. The molecule has 4 aromatic rings. The molecule has 1 fully saturated rings. The monoisotopic (exact) mass is 532 g/mol. The quantitative estimate of drug-likeness (QED) is 0.250. The van der Waals surface area contributed by atoms with E-state index in [-0.39, 0.29) is 6.61 Å². The first-order valence-electron chi connectivity index (χ1n) is 12.1. The molecule has 0 spiro atoms. The van der Waals surface area contributed by atoms with Crippen molar-refractivity contribution in [3.8, 4) is 22.8 Å². The Bertz CT molecular complexity index is 1480. The molecule has 3 aromatic carbocycles. The molecule has 194 valence electrons. The van der Waals surface area contributed by atoms with Crippen LogP contribution in [-0.4, -0.2) is 28.9 Å². The number of benzene rings is 3. The van der Waals surface area contributed by atoms with E-state index in [1.165, 1.54) is 4.90 Å². The molecule has 5 rings (SSSR count). The fourth-order valence-corrected chi connectivity index (χ4v) is 4.57. The van der Waals surface area contributed by atoms with Crippen molar-refractivity contribution in [2.45, 2.75) is 32.1 Å². The zero-order chi connectivity index (χ0) is 26.9. The second-order valence-electron chi connectivity index (χ2n) is 8.97. The molecule has 0 saturated heterocycles. The topological polar surface area (TPSA) is 102 Å². The SMILES string of the molecule is CCOC(=O)N(c1ccccc1Cl)c1c(C)noc1-c1ccc(Oc2ccc(C3(C(=O)O)CC3)cc2)cc1. The third kappa shape index (κ3) is 4.70. The lowest BCUT2D eigenvalue weighted by Gasteiger charge is -2.23. The van der Waals surface area contributed by atoms with Gasteiger partial charge in [0.1, 0.15) is 22.9 Å². The van der Waals surface area contributed by atoms with Crippen LogP contribution in [-0.2, 0) is 14.9 Å². The van der Waals surface area contributed by atoms with Gasteiger partial charge in [-0.1, -0.05) is 41.0 Å². The number of aryl methyl sites for hydroxylation is 1. The normalized spacial score (nSPS) is 13.6. The highest BCUT2D eigenvalue weighted by molar-refractivity contribution is 6.34. The van der Waals surface area contributed by atoms with Crippen LogP contribution >= 0.6 is 11.6 Å². The van der Waals surface area contributed by atoms with Crippen LogP contribution in [0.5, 0.6) is 11.5 Å². The molecule has 0 radical (unpaired) electrons. The summed E-state index contributed by atoms with van der Waals surface area (Å²) in [5.74, 6) is 0.743. The molecule has 1 aromatic heterocycles. The van der Waals surface area contributed by atoms with E-state index in [2.05, 4.69) is 5.16 Å². The smallest absolute Gasteiger partial charge is 0.419 e. The highest BCUT2D eigenvalue weighted by atomic mass is 35.5. The maximum Gasteiger partial charge on any atom is 0.419 e. The first-order chi connectivity index (χ1) is 18.3. The van der Waals surface area contributed by atoms with E-state index in [0.29, 0.717) is 57.8 Å². The summed E-state index contributed by atoms with van der Waals surface area (Å²) in [5, 5.41) is 14.0. The number of aliphatic carboxylic acids is 1. The average Bonchev–Trinajstić information content (AvgIpc) is 3.65. The number of carbonyl (C=O) groups is 2. The lowest BCUT2D eigenvalue weighted by molar-refractivity contribution is -0.140. The molecule has 0 aliphatic heterocycles. The van der Waals surface area contributed by atoms with E-state index >= 15 is 0 Å². The maximum atomic E-state index is 13.0. The molecule has 1 aliphatic rings. The molecular formula is C29H25ClN2O6. The van der Waals surface area contributed by atoms with Crippen molar-refractivity contribution >= 4 is 35.0 Å². The van der Waals surface area contributed by atoms with Gasteiger partial charge >= 0.3 is 12.1 Å². The Hall–Kier alpha value is -4.30. The fourth-order valence-electron chi connectivity index (χ4n) is 4.35. The van der Waals surface area contributed by atoms with Gasteiger partial charge in [-0.25, -0.2) is 9.69 Å². The molecule has 0 atom stereocenters. The van der Waals surface area contributed by atoms with Gasteiger partial charge in [0, 0.05) is 5.56 Å². The van der Waals surface area contributed by atoms with E-state index < -0.39 is 17.5 Å². The zero-order valence-electron chi connectivity index (χ0n) is 20.8. The van der Waals surface area contributed by atoms with Gasteiger partial charge in [-0.3, -0.25) is 4.79 Å². The van der Waals surface area contributed by atoms with Crippen LogP contribution in [0.3, 0.4) is 0 Å². The van der Waals surface area contributed by atoms with Crippen molar-refractivity contribution in [3.05, 3.63) is 89.1 Å². The maximum absolute atomic E-state index is 13.0. The highest BCUT2D eigenvalue weighted by Crippen LogP contribution is 2.48. The number of amides is 1. The molecule has 0 unspecified atom stereocenters. The van der Waals surface area contributed by atoms with Gasteiger partial charge < -0.3 is 19.1 Å². The summed E-state index contributed by atoms with van der Waals surface area (Å²) in [6.45, 7) is 3.65. The van der Waals surface area contributed by atoms with Gasteiger partial charge in [-0.2, -0.15) is 0 Å². The van der Waals surface area contributed by atoms with Gasteiger partial charge in [0.05, 0.1) is 22.7 Å². The molecular weight excluding hydrogens is 508 g/mol. The number of nitrogens with zero attached hydrogens (tertiary/aromatic N) is 2. The summed E-state index contributed by atoms with van der Waals surface area (Å²) >= 11 is 6.44. The molecule has 0 bridgehead atoms. The number of anilines is 2.